The second kappa shape index (κ2) is 11.6. The molecule has 1 amide bonds. The van der Waals surface area contributed by atoms with Crippen molar-refractivity contribution in [1.29, 1.82) is 0 Å². The molecule has 0 aliphatic rings. The second-order valence-corrected chi connectivity index (χ2v) is 7.07. The fraction of sp³-hybridized carbons (Fsp3) is 0.231. The molecule has 3 aromatic rings. The van der Waals surface area contributed by atoms with Crippen molar-refractivity contribution in [3.8, 4) is 17.2 Å². The number of aryl methyl sites for hydroxylation is 1. The molecule has 3 rings (SSSR count). The highest BCUT2D eigenvalue weighted by Gasteiger charge is 2.08. The molecule has 0 saturated heterocycles. The van der Waals surface area contributed by atoms with Crippen LogP contribution in [0.4, 0.5) is 0 Å². The maximum absolute atomic E-state index is 12.3. The first-order valence-corrected chi connectivity index (χ1v) is 10.6. The Morgan fingerprint density at radius 2 is 1.59 bits per heavy atom. The van der Waals surface area contributed by atoms with E-state index in [1.807, 2.05) is 44.2 Å². The van der Waals surface area contributed by atoms with Gasteiger partial charge in [0, 0.05) is 5.56 Å². The normalized spacial score (nSPS) is 10.7. The fourth-order valence-corrected chi connectivity index (χ4v) is 2.94. The van der Waals surface area contributed by atoms with Crippen molar-refractivity contribution in [3.05, 3.63) is 89.0 Å². The molecule has 166 valence electrons. The van der Waals surface area contributed by atoms with Gasteiger partial charge in [0.15, 0.2) is 11.5 Å². The minimum Gasteiger partial charge on any atom is -0.494 e. The Balaban J connectivity index is 1.61. The zero-order chi connectivity index (χ0) is 22.8. The molecule has 0 bridgehead atoms. The Morgan fingerprint density at radius 3 is 2.28 bits per heavy atom. The quantitative estimate of drug-likeness (QED) is 0.356. The molecule has 0 fully saturated rings. The molecule has 0 aliphatic heterocycles. The zero-order valence-electron chi connectivity index (χ0n) is 18.6. The zero-order valence-corrected chi connectivity index (χ0v) is 18.6. The maximum atomic E-state index is 12.3. The second-order valence-electron chi connectivity index (χ2n) is 7.07. The molecule has 32 heavy (non-hydrogen) atoms. The number of hydrogen-bond donors (Lipinski definition) is 1. The number of hydrazone groups is 1. The first-order valence-electron chi connectivity index (χ1n) is 10.6. The van der Waals surface area contributed by atoms with Crippen molar-refractivity contribution in [3.63, 3.8) is 0 Å². The van der Waals surface area contributed by atoms with Crippen LogP contribution in [0.5, 0.6) is 17.2 Å². The van der Waals surface area contributed by atoms with E-state index in [1.165, 1.54) is 5.56 Å². The van der Waals surface area contributed by atoms with Gasteiger partial charge in [-0.15, -0.1) is 0 Å². The van der Waals surface area contributed by atoms with Crippen LogP contribution in [0.15, 0.2) is 71.8 Å². The van der Waals surface area contributed by atoms with Crippen molar-refractivity contribution in [2.45, 2.75) is 27.4 Å². The Bertz CT molecular complexity index is 1040. The lowest BCUT2D eigenvalue weighted by Gasteiger charge is -2.13. The number of benzene rings is 3. The molecule has 0 unspecified atom stereocenters. The summed E-state index contributed by atoms with van der Waals surface area (Å²) >= 11 is 0. The van der Waals surface area contributed by atoms with Gasteiger partial charge in [0.05, 0.1) is 19.4 Å². The summed E-state index contributed by atoms with van der Waals surface area (Å²) in [5.41, 5.74) is 6.11. The van der Waals surface area contributed by atoms with E-state index in [-0.39, 0.29) is 5.91 Å². The first-order chi connectivity index (χ1) is 15.6. The number of ether oxygens (including phenoxy) is 3. The van der Waals surface area contributed by atoms with E-state index < -0.39 is 0 Å². The van der Waals surface area contributed by atoms with Crippen LogP contribution >= 0.6 is 0 Å². The molecule has 6 nitrogen and oxygen atoms in total. The summed E-state index contributed by atoms with van der Waals surface area (Å²) in [4.78, 5) is 12.3. The summed E-state index contributed by atoms with van der Waals surface area (Å²) in [6, 6.07) is 20.7. The molecule has 6 heteroatoms. The standard InChI is InChI=1S/C26H28N2O4/c1-4-30-23-13-11-22(12-14-23)26(29)28-27-17-21-10-15-24(25(16-21)31-5-2)32-18-20-8-6-19(3)7-9-20/h6-17H,4-5,18H2,1-3H3,(H,28,29)/b27-17-. The Hall–Kier alpha value is -3.80. The molecule has 1 N–H and O–H groups in total. The lowest BCUT2D eigenvalue weighted by molar-refractivity contribution is 0.0955. The van der Waals surface area contributed by atoms with Gasteiger partial charge in [-0.25, -0.2) is 5.43 Å². The van der Waals surface area contributed by atoms with Gasteiger partial charge in [0.2, 0.25) is 0 Å². The van der Waals surface area contributed by atoms with Crippen molar-refractivity contribution in [1.82, 2.24) is 5.43 Å². The Kier molecular flexibility index (Phi) is 8.26. The summed E-state index contributed by atoms with van der Waals surface area (Å²) in [6.45, 7) is 7.42. The van der Waals surface area contributed by atoms with Crippen molar-refractivity contribution >= 4 is 12.1 Å². The number of carbonyl (C=O) groups excluding carboxylic acids is 1. The third-order valence-corrected chi connectivity index (χ3v) is 4.59. The molecule has 0 atom stereocenters. The SMILES string of the molecule is CCOc1ccc(C(=O)N/N=C\c2ccc(OCc3ccc(C)cc3)c(OCC)c2)cc1. The highest BCUT2D eigenvalue weighted by molar-refractivity contribution is 5.95. The highest BCUT2D eigenvalue weighted by Crippen LogP contribution is 2.29. The average molecular weight is 433 g/mol. The summed E-state index contributed by atoms with van der Waals surface area (Å²) in [7, 11) is 0. The maximum Gasteiger partial charge on any atom is 0.271 e. The predicted octanol–water partition coefficient (Wildman–Crippen LogP) is 5.14. The van der Waals surface area contributed by atoms with Gasteiger partial charge in [-0.1, -0.05) is 29.8 Å². The summed E-state index contributed by atoms with van der Waals surface area (Å²) in [5.74, 6) is 1.71. The molecule has 0 spiro atoms. The minimum atomic E-state index is -0.299. The molecule has 0 aromatic heterocycles. The number of rotatable bonds is 10. The minimum absolute atomic E-state index is 0.299. The highest BCUT2D eigenvalue weighted by atomic mass is 16.5. The van der Waals surface area contributed by atoms with E-state index in [1.54, 1.807) is 30.5 Å². The van der Waals surface area contributed by atoms with Gasteiger partial charge in [0.25, 0.3) is 5.91 Å². The van der Waals surface area contributed by atoms with Crippen LogP contribution in [0.2, 0.25) is 0 Å². The fourth-order valence-electron chi connectivity index (χ4n) is 2.94. The third-order valence-electron chi connectivity index (χ3n) is 4.59. The summed E-state index contributed by atoms with van der Waals surface area (Å²) in [6.07, 6.45) is 1.57. The Morgan fingerprint density at radius 1 is 0.875 bits per heavy atom. The van der Waals surface area contributed by atoms with Crippen LogP contribution in [-0.4, -0.2) is 25.3 Å². The third kappa shape index (κ3) is 6.60. The van der Waals surface area contributed by atoms with Gasteiger partial charge < -0.3 is 14.2 Å². The summed E-state index contributed by atoms with van der Waals surface area (Å²) < 4.78 is 17.1. The van der Waals surface area contributed by atoms with E-state index in [0.29, 0.717) is 36.9 Å². The molecule has 0 aliphatic carbocycles. The number of amides is 1. The van der Waals surface area contributed by atoms with Gasteiger partial charge in [-0.3, -0.25) is 4.79 Å². The first kappa shape index (κ1) is 22.9. The van der Waals surface area contributed by atoms with E-state index in [2.05, 4.69) is 29.6 Å². The van der Waals surface area contributed by atoms with E-state index in [0.717, 1.165) is 16.9 Å². The van der Waals surface area contributed by atoms with Crippen molar-refractivity contribution in [2.75, 3.05) is 13.2 Å². The molecular weight excluding hydrogens is 404 g/mol. The van der Waals surface area contributed by atoms with Gasteiger partial charge >= 0.3 is 0 Å². The van der Waals surface area contributed by atoms with Crippen LogP contribution in [0.1, 0.15) is 40.9 Å². The van der Waals surface area contributed by atoms with Crippen LogP contribution in [0, 0.1) is 6.92 Å². The van der Waals surface area contributed by atoms with Crippen molar-refractivity contribution in [2.24, 2.45) is 5.10 Å². The van der Waals surface area contributed by atoms with Gasteiger partial charge in [-0.2, -0.15) is 5.10 Å². The topological polar surface area (TPSA) is 69.2 Å². The van der Waals surface area contributed by atoms with Crippen LogP contribution in [0.3, 0.4) is 0 Å². The van der Waals surface area contributed by atoms with E-state index in [4.69, 9.17) is 14.2 Å². The average Bonchev–Trinajstić information content (AvgIpc) is 2.80. The molecule has 0 saturated carbocycles. The smallest absolute Gasteiger partial charge is 0.271 e. The molecular formula is C26H28N2O4. The number of nitrogens with one attached hydrogen (secondary N) is 1. The number of hydrogen-bond acceptors (Lipinski definition) is 5. The lowest BCUT2D eigenvalue weighted by atomic mass is 10.2. The van der Waals surface area contributed by atoms with Gasteiger partial charge in [0.1, 0.15) is 12.4 Å². The number of nitrogens with zero attached hydrogens (tertiary/aromatic N) is 1. The van der Waals surface area contributed by atoms with Crippen LogP contribution in [0.25, 0.3) is 0 Å². The number of carbonyl (C=O) groups is 1. The lowest BCUT2D eigenvalue weighted by Crippen LogP contribution is -2.17. The van der Waals surface area contributed by atoms with Crippen LogP contribution in [-0.2, 0) is 6.61 Å². The van der Waals surface area contributed by atoms with Gasteiger partial charge in [-0.05, 0) is 74.4 Å². The van der Waals surface area contributed by atoms with E-state index >= 15 is 0 Å². The Labute approximate surface area is 188 Å². The van der Waals surface area contributed by atoms with E-state index in [9.17, 15) is 4.79 Å². The monoisotopic (exact) mass is 432 g/mol. The van der Waals surface area contributed by atoms with Crippen molar-refractivity contribution < 1.29 is 19.0 Å². The molecule has 3 aromatic carbocycles. The predicted molar refractivity (Wildman–Crippen MR) is 126 cm³/mol. The molecule has 0 radical (unpaired) electrons. The molecule has 0 heterocycles. The summed E-state index contributed by atoms with van der Waals surface area (Å²) in [5, 5.41) is 4.06. The largest absolute Gasteiger partial charge is 0.494 e. The van der Waals surface area contributed by atoms with Crippen LogP contribution < -0.4 is 19.6 Å².